The molecule has 138 valence electrons. The van der Waals surface area contributed by atoms with Gasteiger partial charge in [0.15, 0.2) is 0 Å². The van der Waals surface area contributed by atoms with E-state index in [0.29, 0.717) is 0 Å². The number of hydrogen-bond donors (Lipinski definition) is 0. The van der Waals surface area contributed by atoms with Crippen molar-refractivity contribution in [1.29, 1.82) is 0 Å². The molecule has 0 atom stereocenters. The van der Waals surface area contributed by atoms with Gasteiger partial charge in [-0.2, -0.15) is 0 Å². The molecule has 0 bridgehead atoms. The van der Waals surface area contributed by atoms with Gasteiger partial charge < -0.3 is 0 Å². The summed E-state index contributed by atoms with van der Waals surface area (Å²) in [4.78, 5) is 0. The number of halogens is 1. The quantitative estimate of drug-likeness (QED) is 0.289. The Morgan fingerprint density at radius 3 is 1.72 bits per heavy atom. The van der Waals surface area contributed by atoms with Crippen LogP contribution in [0.5, 0.6) is 0 Å². The standard InChI is InChI=1S/C28H19Cl/c29-24-17-14-21(15-18-24)25-13-7-12-23-16-19-26(20-8-3-1-4-9-20)27(28(23)25)22-10-5-2-6-11-22/h1-19H. The zero-order valence-corrected chi connectivity index (χ0v) is 16.6. The van der Waals surface area contributed by atoms with E-state index in [4.69, 9.17) is 11.6 Å². The largest absolute Gasteiger partial charge is 0.0843 e. The molecule has 0 N–H and O–H groups in total. The normalized spacial score (nSPS) is 10.9. The molecule has 0 spiro atoms. The van der Waals surface area contributed by atoms with Gasteiger partial charge >= 0.3 is 0 Å². The van der Waals surface area contributed by atoms with E-state index in [1.165, 1.54) is 44.2 Å². The smallest absolute Gasteiger partial charge is 0.0406 e. The van der Waals surface area contributed by atoms with Gasteiger partial charge in [0.2, 0.25) is 0 Å². The van der Waals surface area contributed by atoms with Crippen LogP contribution >= 0.6 is 11.6 Å². The minimum absolute atomic E-state index is 0.752. The molecule has 0 radical (unpaired) electrons. The molecule has 5 aromatic rings. The zero-order chi connectivity index (χ0) is 19.6. The second-order valence-corrected chi connectivity index (χ2v) is 7.57. The number of fused-ring (bicyclic) bond motifs is 1. The molecule has 0 aliphatic carbocycles. The molecule has 0 heterocycles. The summed E-state index contributed by atoms with van der Waals surface area (Å²) < 4.78 is 0. The van der Waals surface area contributed by atoms with Gasteiger partial charge in [-0.3, -0.25) is 0 Å². The number of rotatable bonds is 3. The molecule has 29 heavy (non-hydrogen) atoms. The van der Waals surface area contributed by atoms with Crippen LogP contribution in [0.15, 0.2) is 115 Å². The highest BCUT2D eigenvalue weighted by Crippen LogP contribution is 2.42. The van der Waals surface area contributed by atoms with Crippen LogP contribution in [0.2, 0.25) is 5.02 Å². The maximum absolute atomic E-state index is 6.15. The predicted octanol–water partition coefficient (Wildman–Crippen LogP) is 8.49. The van der Waals surface area contributed by atoms with Crippen LogP contribution in [-0.2, 0) is 0 Å². The van der Waals surface area contributed by atoms with E-state index < -0.39 is 0 Å². The van der Waals surface area contributed by atoms with Gasteiger partial charge in [0.05, 0.1) is 0 Å². The monoisotopic (exact) mass is 390 g/mol. The topological polar surface area (TPSA) is 0 Å². The summed E-state index contributed by atoms with van der Waals surface area (Å²) >= 11 is 6.15. The molecule has 0 aromatic heterocycles. The number of benzene rings is 5. The Labute approximate surface area is 176 Å². The molecule has 0 saturated heterocycles. The van der Waals surface area contributed by atoms with Crippen LogP contribution in [0.25, 0.3) is 44.2 Å². The fourth-order valence-electron chi connectivity index (χ4n) is 4.01. The van der Waals surface area contributed by atoms with Crippen LogP contribution in [0.3, 0.4) is 0 Å². The van der Waals surface area contributed by atoms with Gasteiger partial charge in [-0.05, 0) is 56.3 Å². The lowest BCUT2D eigenvalue weighted by atomic mass is 9.86. The molecule has 1 heteroatoms. The molecule has 0 fully saturated rings. The van der Waals surface area contributed by atoms with Gasteiger partial charge in [-0.25, -0.2) is 0 Å². The van der Waals surface area contributed by atoms with E-state index in [0.717, 1.165) is 5.02 Å². The van der Waals surface area contributed by atoms with Gasteiger partial charge in [0.25, 0.3) is 0 Å². The van der Waals surface area contributed by atoms with E-state index in [9.17, 15) is 0 Å². The van der Waals surface area contributed by atoms with Crippen molar-refractivity contribution in [2.24, 2.45) is 0 Å². The Morgan fingerprint density at radius 2 is 1.03 bits per heavy atom. The first-order valence-electron chi connectivity index (χ1n) is 9.74. The first-order valence-corrected chi connectivity index (χ1v) is 10.1. The third-order valence-electron chi connectivity index (χ3n) is 5.35. The van der Waals surface area contributed by atoms with Crippen molar-refractivity contribution in [2.75, 3.05) is 0 Å². The van der Waals surface area contributed by atoms with Crippen LogP contribution in [0.1, 0.15) is 0 Å². The first kappa shape index (κ1) is 17.7. The van der Waals surface area contributed by atoms with E-state index in [1.807, 2.05) is 12.1 Å². The highest BCUT2D eigenvalue weighted by atomic mass is 35.5. The second-order valence-electron chi connectivity index (χ2n) is 7.13. The Bertz CT molecular complexity index is 1270. The second kappa shape index (κ2) is 7.58. The van der Waals surface area contributed by atoms with Crippen molar-refractivity contribution in [2.45, 2.75) is 0 Å². The summed E-state index contributed by atoms with van der Waals surface area (Å²) in [5, 5.41) is 3.25. The van der Waals surface area contributed by atoms with E-state index in [2.05, 4.69) is 103 Å². The molecule has 0 saturated carbocycles. The van der Waals surface area contributed by atoms with E-state index >= 15 is 0 Å². The lowest BCUT2D eigenvalue weighted by Crippen LogP contribution is -1.91. The third kappa shape index (κ3) is 3.33. The Kier molecular flexibility index (Phi) is 4.63. The molecule has 5 rings (SSSR count). The summed E-state index contributed by atoms with van der Waals surface area (Å²) in [7, 11) is 0. The third-order valence-corrected chi connectivity index (χ3v) is 5.60. The average Bonchev–Trinajstić information content (AvgIpc) is 2.79. The highest BCUT2D eigenvalue weighted by molar-refractivity contribution is 6.30. The van der Waals surface area contributed by atoms with Crippen molar-refractivity contribution in [3.05, 3.63) is 120 Å². The fourth-order valence-corrected chi connectivity index (χ4v) is 4.14. The van der Waals surface area contributed by atoms with Crippen molar-refractivity contribution in [3.63, 3.8) is 0 Å². The zero-order valence-electron chi connectivity index (χ0n) is 15.8. The molecular formula is C28H19Cl. The first-order chi connectivity index (χ1) is 14.3. The minimum atomic E-state index is 0.752. The van der Waals surface area contributed by atoms with Gasteiger partial charge in [0, 0.05) is 5.02 Å². The Hall–Kier alpha value is -3.35. The Balaban J connectivity index is 1.90. The van der Waals surface area contributed by atoms with Gasteiger partial charge in [-0.15, -0.1) is 0 Å². The van der Waals surface area contributed by atoms with Crippen molar-refractivity contribution >= 4 is 22.4 Å². The lowest BCUT2D eigenvalue weighted by Gasteiger charge is -2.17. The van der Waals surface area contributed by atoms with Crippen LogP contribution in [0, 0.1) is 0 Å². The minimum Gasteiger partial charge on any atom is -0.0843 e. The van der Waals surface area contributed by atoms with Crippen LogP contribution < -0.4 is 0 Å². The summed E-state index contributed by atoms with van der Waals surface area (Å²) in [6.45, 7) is 0. The maximum atomic E-state index is 6.15. The Morgan fingerprint density at radius 1 is 0.414 bits per heavy atom. The van der Waals surface area contributed by atoms with Crippen LogP contribution in [-0.4, -0.2) is 0 Å². The summed E-state index contributed by atoms with van der Waals surface area (Å²) in [5.41, 5.74) is 7.33. The van der Waals surface area contributed by atoms with E-state index in [-0.39, 0.29) is 0 Å². The van der Waals surface area contributed by atoms with Gasteiger partial charge in [-0.1, -0.05) is 115 Å². The summed E-state index contributed by atoms with van der Waals surface area (Å²) in [5.74, 6) is 0. The maximum Gasteiger partial charge on any atom is 0.0406 e. The molecule has 0 aliphatic heterocycles. The molecule has 5 aromatic carbocycles. The predicted molar refractivity (Wildman–Crippen MR) is 125 cm³/mol. The molecular weight excluding hydrogens is 372 g/mol. The molecule has 0 unspecified atom stereocenters. The van der Waals surface area contributed by atoms with E-state index in [1.54, 1.807) is 0 Å². The van der Waals surface area contributed by atoms with Crippen molar-refractivity contribution in [1.82, 2.24) is 0 Å². The lowest BCUT2D eigenvalue weighted by molar-refractivity contribution is 1.60. The molecule has 0 amide bonds. The molecule has 0 nitrogen and oxygen atoms in total. The molecule has 0 aliphatic rings. The van der Waals surface area contributed by atoms with Crippen LogP contribution in [0.4, 0.5) is 0 Å². The van der Waals surface area contributed by atoms with Gasteiger partial charge in [0.1, 0.15) is 0 Å². The summed E-state index contributed by atoms with van der Waals surface area (Å²) in [6, 6.07) is 40.4. The van der Waals surface area contributed by atoms with Crippen molar-refractivity contribution in [3.8, 4) is 33.4 Å². The number of hydrogen-bond acceptors (Lipinski definition) is 0. The SMILES string of the molecule is Clc1ccc(-c2cccc3ccc(-c4ccccc4)c(-c4ccccc4)c23)cc1. The summed E-state index contributed by atoms with van der Waals surface area (Å²) in [6.07, 6.45) is 0. The van der Waals surface area contributed by atoms with Crippen molar-refractivity contribution < 1.29 is 0 Å². The average molecular weight is 391 g/mol. The fraction of sp³-hybridized carbons (Fsp3) is 0. The highest BCUT2D eigenvalue weighted by Gasteiger charge is 2.15.